The van der Waals surface area contributed by atoms with Crippen LogP contribution in [0, 0.1) is 11.6 Å². The van der Waals surface area contributed by atoms with Gasteiger partial charge >= 0.3 is 0 Å². The Morgan fingerprint density at radius 2 is 1.81 bits per heavy atom. The van der Waals surface area contributed by atoms with Crippen LogP contribution in [0.1, 0.15) is 5.56 Å². The lowest BCUT2D eigenvalue weighted by atomic mass is 10.1. The number of anilines is 1. The first-order valence-electron chi connectivity index (χ1n) is 6.35. The largest absolute Gasteiger partial charge is 0.381 e. The van der Waals surface area contributed by atoms with E-state index in [2.05, 4.69) is 26.2 Å². The number of benzene rings is 2. The predicted molar refractivity (Wildman–Crippen MR) is 83.1 cm³/mol. The molecule has 0 radical (unpaired) electrons. The van der Waals surface area contributed by atoms with E-state index in [0.717, 1.165) is 27.0 Å². The standard InChI is InChI=1S/C16H11BrF2N2/c17-15-4-3-10(16-14(15)2-1-5-20-16)9-21-13-7-11(18)6-12(19)8-13/h1-8,21H,9H2. The summed E-state index contributed by atoms with van der Waals surface area (Å²) < 4.78 is 27.3. The third-order valence-electron chi connectivity index (χ3n) is 3.15. The van der Waals surface area contributed by atoms with E-state index in [-0.39, 0.29) is 0 Å². The Kier molecular flexibility index (Phi) is 3.84. The van der Waals surface area contributed by atoms with Crippen molar-refractivity contribution >= 4 is 32.5 Å². The zero-order valence-electron chi connectivity index (χ0n) is 10.9. The van der Waals surface area contributed by atoms with Crippen LogP contribution in [0.4, 0.5) is 14.5 Å². The van der Waals surface area contributed by atoms with Crippen LogP contribution in [0.2, 0.25) is 0 Å². The van der Waals surface area contributed by atoms with Gasteiger partial charge in [-0.05, 0) is 29.8 Å². The van der Waals surface area contributed by atoms with Crippen LogP contribution in [0.5, 0.6) is 0 Å². The molecule has 0 aliphatic rings. The molecular formula is C16H11BrF2N2. The normalized spacial score (nSPS) is 10.8. The van der Waals surface area contributed by atoms with Crippen molar-refractivity contribution in [2.24, 2.45) is 0 Å². The lowest BCUT2D eigenvalue weighted by Crippen LogP contribution is -2.02. The molecule has 106 valence electrons. The molecule has 0 fully saturated rings. The van der Waals surface area contributed by atoms with E-state index in [1.54, 1.807) is 6.20 Å². The van der Waals surface area contributed by atoms with Gasteiger partial charge in [0.05, 0.1) is 5.52 Å². The van der Waals surface area contributed by atoms with E-state index in [9.17, 15) is 8.78 Å². The van der Waals surface area contributed by atoms with E-state index < -0.39 is 11.6 Å². The Morgan fingerprint density at radius 1 is 1.05 bits per heavy atom. The van der Waals surface area contributed by atoms with E-state index in [4.69, 9.17) is 0 Å². The molecule has 1 N–H and O–H groups in total. The number of fused-ring (bicyclic) bond motifs is 1. The summed E-state index contributed by atoms with van der Waals surface area (Å²) in [5.74, 6) is -1.20. The number of pyridine rings is 1. The minimum Gasteiger partial charge on any atom is -0.381 e. The summed E-state index contributed by atoms with van der Waals surface area (Å²) in [7, 11) is 0. The van der Waals surface area contributed by atoms with Crippen LogP contribution < -0.4 is 5.32 Å². The monoisotopic (exact) mass is 348 g/mol. The van der Waals surface area contributed by atoms with Gasteiger partial charge in [-0.3, -0.25) is 4.98 Å². The van der Waals surface area contributed by atoms with Gasteiger partial charge in [-0.1, -0.05) is 28.1 Å². The second-order valence-electron chi connectivity index (χ2n) is 4.62. The van der Waals surface area contributed by atoms with Crippen LogP contribution in [0.25, 0.3) is 10.9 Å². The molecule has 21 heavy (non-hydrogen) atoms. The molecule has 0 saturated heterocycles. The lowest BCUT2D eigenvalue weighted by molar-refractivity contribution is 0.584. The summed E-state index contributed by atoms with van der Waals surface area (Å²) in [6, 6.07) is 11.1. The van der Waals surface area contributed by atoms with Crippen molar-refractivity contribution in [3.05, 3.63) is 70.3 Å². The Labute approximate surface area is 129 Å². The van der Waals surface area contributed by atoms with Gasteiger partial charge in [0.15, 0.2) is 0 Å². The molecule has 0 aliphatic carbocycles. The average molecular weight is 349 g/mol. The number of aromatic nitrogens is 1. The van der Waals surface area contributed by atoms with Crippen molar-refractivity contribution < 1.29 is 8.78 Å². The van der Waals surface area contributed by atoms with Crippen LogP contribution in [-0.4, -0.2) is 4.98 Å². The highest BCUT2D eigenvalue weighted by atomic mass is 79.9. The SMILES string of the molecule is Fc1cc(F)cc(NCc2ccc(Br)c3cccnc23)c1. The molecule has 3 rings (SSSR count). The number of nitrogens with one attached hydrogen (secondary N) is 1. The molecule has 3 aromatic rings. The molecule has 0 unspecified atom stereocenters. The molecule has 0 bridgehead atoms. The van der Waals surface area contributed by atoms with Crippen molar-refractivity contribution in [2.45, 2.75) is 6.54 Å². The molecule has 0 atom stereocenters. The second kappa shape index (κ2) is 5.77. The smallest absolute Gasteiger partial charge is 0.128 e. The summed E-state index contributed by atoms with van der Waals surface area (Å²) >= 11 is 3.49. The molecule has 2 aromatic carbocycles. The second-order valence-corrected chi connectivity index (χ2v) is 5.47. The third kappa shape index (κ3) is 3.03. The number of hydrogen-bond donors (Lipinski definition) is 1. The molecule has 5 heteroatoms. The molecule has 0 aliphatic heterocycles. The quantitative estimate of drug-likeness (QED) is 0.728. The molecule has 0 amide bonds. The predicted octanol–water partition coefficient (Wildman–Crippen LogP) is 4.89. The number of rotatable bonds is 3. The minimum atomic E-state index is -0.601. The number of nitrogens with zero attached hydrogens (tertiary/aromatic N) is 1. The first kappa shape index (κ1) is 13.9. The molecule has 0 spiro atoms. The summed E-state index contributed by atoms with van der Waals surface area (Å²) in [4.78, 5) is 4.37. The van der Waals surface area contributed by atoms with Gasteiger partial charge in [-0.2, -0.15) is 0 Å². The van der Waals surface area contributed by atoms with Crippen LogP contribution >= 0.6 is 15.9 Å². The highest BCUT2D eigenvalue weighted by molar-refractivity contribution is 9.10. The van der Waals surface area contributed by atoms with Gasteiger partial charge in [0.25, 0.3) is 0 Å². The fraction of sp³-hybridized carbons (Fsp3) is 0.0625. The maximum Gasteiger partial charge on any atom is 0.128 e. The van der Waals surface area contributed by atoms with Crippen LogP contribution in [-0.2, 0) is 6.54 Å². The first-order valence-corrected chi connectivity index (χ1v) is 7.15. The van der Waals surface area contributed by atoms with Crippen LogP contribution in [0.3, 0.4) is 0 Å². The molecule has 1 heterocycles. The van der Waals surface area contributed by atoms with Crippen molar-refractivity contribution in [1.82, 2.24) is 4.98 Å². The van der Waals surface area contributed by atoms with E-state index in [0.29, 0.717) is 12.2 Å². The summed E-state index contributed by atoms with van der Waals surface area (Å²) in [5, 5.41) is 4.02. The van der Waals surface area contributed by atoms with Gasteiger partial charge in [0.1, 0.15) is 11.6 Å². The molecular weight excluding hydrogens is 338 g/mol. The van der Waals surface area contributed by atoms with Crippen molar-refractivity contribution in [3.8, 4) is 0 Å². The van der Waals surface area contributed by atoms with Gasteiger partial charge in [-0.25, -0.2) is 8.78 Å². The number of hydrogen-bond acceptors (Lipinski definition) is 2. The van der Waals surface area contributed by atoms with Gasteiger partial charge in [0.2, 0.25) is 0 Å². The molecule has 2 nitrogen and oxygen atoms in total. The van der Waals surface area contributed by atoms with Crippen molar-refractivity contribution in [3.63, 3.8) is 0 Å². The van der Waals surface area contributed by atoms with Gasteiger partial charge in [-0.15, -0.1) is 0 Å². The topological polar surface area (TPSA) is 24.9 Å². The molecule has 1 aromatic heterocycles. The molecule has 0 saturated carbocycles. The Bertz CT molecular complexity index is 785. The summed E-state index contributed by atoms with van der Waals surface area (Å²) in [6.45, 7) is 0.434. The Hall–Kier alpha value is -2.01. The lowest BCUT2D eigenvalue weighted by Gasteiger charge is -2.10. The maximum absolute atomic E-state index is 13.2. The van der Waals surface area contributed by atoms with E-state index in [1.165, 1.54) is 12.1 Å². The van der Waals surface area contributed by atoms with E-state index in [1.807, 2.05) is 24.3 Å². The minimum absolute atomic E-state index is 0.402. The Balaban J connectivity index is 1.90. The average Bonchev–Trinajstić information content (AvgIpc) is 2.46. The van der Waals surface area contributed by atoms with Gasteiger partial charge < -0.3 is 5.32 Å². The highest BCUT2D eigenvalue weighted by Crippen LogP contribution is 2.26. The van der Waals surface area contributed by atoms with Gasteiger partial charge in [0, 0.05) is 34.4 Å². The number of halogens is 3. The third-order valence-corrected chi connectivity index (χ3v) is 3.84. The summed E-state index contributed by atoms with van der Waals surface area (Å²) in [5.41, 5.74) is 2.22. The Morgan fingerprint density at radius 3 is 2.57 bits per heavy atom. The van der Waals surface area contributed by atoms with Crippen molar-refractivity contribution in [1.29, 1.82) is 0 Å². The highest BCUT2D eigenvalue weighted by Gasteiger charge is 2.06. The van der Waals surface area contributed by atoms with Crippen LogP contribution in [0.15, 0.2) is 53.1 Å². The fourth-order valence-corrected chi connectivity index (χ4v) is 2.64. The van der Waals surface area contributed by atoms with E-state index >= 15 is 0 Å². The zero-order valence-corrected chi connectivity index (χ0v) is 12.5. The zero-order chi connectivity index (χ0) is 14.8. The summed E-state index contributed by atoms with van der Waals surface area (Å²) in [6.07, 6.45) is 1.72. The fourth-order valence-electron chi connectivity index (χ4n) is 2.19. The van der Waals surface area contributed by atoms with Crippen molar-refractivity contribution in [2.75, 3.05) is 5.32 Å². The first-order chi connectivity index (χ1) is 10.1. The maximum atomic E-state index is 13.2.